The van der Waals surface area contributed by atoms with Gasteiger partial charge in [-0.3, -0.25) is 24.7 Å². The highest BCUT2D eigenvalue weighted by Gasteiger charge is 2.48. The Bertz CT molecular complexity index is 891. The van der Waals surface area contributed by atoms with Crippen LogP contribution in [0.25, 0.3) is 0 Å². The van der Waals surface area contributed by atoms with E-state index in [0.717, 1.165) is 0 Å². The minimum absolute atomic E-state index is 0.119. The first-order valence-electron chi connectivity index (χ1n) is 8.99. The molecule has 2 atom stereocenters. The van der Waals surface area contributed by atoms with Crippen molar-refractivity contribution in [2.45, 2.75) is 19.8 Å². The fourth-order valence-electron chi connectivity index (χ4n) is 3.82. The van der Waals surface area contributed by atoms with Crippen LogP contribution in [0.5, 0.6) is 0 Å². The SMILES string of the molecule is CCOC(=O)C1C(C)=NC2=C(C(=O)N(CCO)C2)C1c1ccccc1[N+](=O)[O-]. The van der Waals surface area contributed by atoms with Crippen molar-refractivity contribution in [3.63, 3.8) is 0 Å². The lowest BCUT2D eigenvalue weighted by atomic mass is 9.75. The Balaban J connectivity index is 2.18. The molecule has 0 aliphatic carbocycles. The molecule has 0 spiro atoms. The van der Waals surface area contributed by atoms with Gasteiger partial charge in [0.25, 0.3) is 11.6 Å². The molecule has 0 aromatic heterocycles. The molecular weight excluding hydrogens is 366 g/mol. The number of nitro benzene ring substituents is 1. The predicted octanol–water partition coefficient (Wildman–Crippen LogP) is 1.42. The third-order valence-corrected chi connectivity index (χ3v) is 4.95. The number of carbonyl (C=O) groups excluding carboxylic acids is 2. The largest absolute Gasteiger partial charge is 0.465 e. The van der Waals surface area contributed by atoms with Crippen LogP contribution in [-0.2, 0) is 14.3 Å². The van der Waals surface area contributed by atoms with Crippen molar-refractivity contribution in [1.82, 2.24) is 4.90 Å². The smallest absolute Gasteiger partial charge is 0.315 e. The fourth-order valence-corrected chi connectivity index (χ4v) is 3.82. The van der Waals surface area contributed by atoms with E-state index in [-0.39, 0.29) is 49.0 Å². The van der Waals surface area contributed by atoms with Crippen molar-refractivity contribution in [2.24, 2.45) is 10.9 Å². The summed E-state index contributed by atoms with van der Waals surface area (Å²) in [5.41, 5.74) is 1.27. The van der Waals surface area contributed by atoms with Crippen LogP contribution in [-0.4, -0.2) is 58.8 Å². The van der Waals surface area contributed by atoms with Crippen LogP contribution in [0.3, 0.4) is 0 Å². The van der Waals surface area contributed by atoms with Crippen LogP contribution >= 0.6 is 0 Å². The van der Waals surface area contributed by atoms with E-state index in [1.165, 1.54) is 17.0 Å². The van der Waals surface area contributed by atoms with Gasteiger partial charge in [0.1, 0.15) is 5.92 Å². The number of rotatable bonds is 6. The number of para-hydroxylation sites is 1. The van der Waals surface area contributed by atoms with Gasteiger partial charge in [0.15, 0.2) is 0 Å². The van der Waals surface area contributed by atoms with Crippen molar-refractivity contribution >= 4 is 23.3 Å². The minimum Gasteiger partial charge on any atom is -0.465 e. The molecule has 9 nitrogen and oxygen atoms in total. The lowest BCUT2D eigenvalue weighted by Crippen LogP contribution is -2.37. The number of amides is 1. The maximum absolute atomic E-state index is 13.0. The number of aliphatic imine (C=N–C) groups is 1. The molecule has 1 aromatic carbocycles. The normalized spacial score (nSPS) is 21.5. The van der Waals surface area contributed by atoms with Gasteiger partial charge in [0.05, 0.1) is 30.4 Å². The lowest BCUT2D eigenvalue weighted by molar-refractivity contribution is -0.385. The maximum Gasteiger partial charge on any atom is 0.315 e. The number of hydrogen-bond donors (Lipinski definition) is 1. The average molecular weight is 387 g/mol. The number of aliphatic hydroxyl groups excluding tert-OH is 1. The second-order valence-electron chi connectivity index (χ2n) is 6.59. The van der Waals surface area contributed by atoms with Gasteiger partial charge < -0.3 is 14.7 Å². The van der Waals surface area contributed by atoms with Gasteiger partial charge in [-0.15, -0.1) is 0 Å². The van der Waals surface area contributed by atoms with E-state index in [2.05, 4.69) is 4.99 Å². The first-order valence-corrected chi connectivity index (χ1v) is 8.99. The molecule has 0 saturated heterocycles. The number of nitrogens with zero attached hydrogens (tertiary/aromatic N) is 3. The highest BCUT2D eigenvalue weighted by molar-refractivity contribution is 6.09. The van der Waals surface area contributed by atoms with Crippen LogP contribution < -0.4 is 0 Å². The Morgan fingerprint density at radius 3 is 2.79 bits per heavy atom. The van der Waals surface area contributed by atoms with Gasteiger partial charge in [0, 0.05) is 35.4 Å². The second kappa shape index (κ2) is 7.89. The highest BCUT2D eigenvalue weighted by atomic mass is 16.6. The third kappa shape index (κ3) is 3.29. The summed E-state index contributed by atoms with van der Waals surface area (Å²) in [7, 11) is 0. The molecule has 0 fully saturated rings. The number of benzene rings is 1. The lowest BCUT2D eigenvalue weighted by Gasteiger charge is -2.29. The zero-order valence-corrected chi connectivity index (χ0v) is 15.6. The van der Waals surface area contributed by atoms with E-state index in [1.807, 2.05) is 0 Å². The van der Waals surface area contributed by atoms with Crippen LogP contribution in [0.2, 0.25) is 0 Å². The van der Waals surface area contributed by atoms with Crippen LogP contribution in [0.15, 0.2) is 40.5 Å². The van der Waals surface area contributed by atoms with Crippen molar-refractivity contribution in [2.75, 3.05) is 26.3 Å². The van der Waals surface area contributed by atoms with Gasteiger partial charge in [-0.2, -0.15) is 0 Å². The van der Waals surface area contributed by atoms with Crippen molar-refractivity contribution in [3.05, 3.63) is 51.2 Å². The maximum atomic E-state index is 13.0. The van der Waals surface area contributed by atoms with Gasteiger partial charge in [-0.25, -0.2) is 0 Å². The quantitative estimate of drug-likeness (QED) is 0.447. The molecule has 2 aliphatic rings. The fraction of sp³-hybridized carbons (Fsp3) is 0.421. The summed E-state index contributed by atoms with van der Waals surface area (Å²) in [4.78, 5) is 42.7. The molecule has 3 rings (SSSR count). The Morgan fingerprint density at radius 1 is 1.43 bits per heavy atom. The van der Waals surface area contributed by atoms with Gasteiger partial charge in [-0.1, -0.05) is 18.2 Å². The summed E-state index contributed by atoms with van der Waals surface area (Å²) in [5.74, 6) is -2.76. The van der Waals surface area contributed by atoms with Crippen LogP contribution in [0, 0.1) is 16.0 Å². The van der Waals surface area contributed by atoms with E-state index in [4.69, 9.17) is 4.74 Å². The van der Waals surface area contributed by atoms with Crippen LogP contribution in [0.1, 0.15) is 25.3 Å². The summed E-state index contributed by atoms with van der Waals surface area (Å²) >= 11 is 0. The number of ether oxygens (including phenoxy) is 1. The molecule has 28 heavy (non-hydrogen) atoms. The number of carbonyl (C=O) groups is 2. The topological polar surface area (TPSA) is 122 Å². The number of esters is 1. The van der Waals surface area contributed by atoms with E-state index in [9.17, 15) is 24.8 Å². The molecule has 148 valence electrons. The number of β-amino-alcohol motifs (C(OH)–C–C–N with tert-alkyl or cyclic N) is 1. The first kappa shape index (κ1) is 19.7. The summed E-state index contributed by atoms with van der Waals surface area (Å²) < 4.78 is 5.18. The molecule has 2 heterocycles. The molecular formula is C19H21N3O6. The number of aliphatic hydroxyl groups is 1. The molecule has 0 bridgehead atoms. The Labute approximate surface area is 161 Å². The van der Waals surface area contributed by atoms with Gasteiger partial charge in [-0.05, 0) is 13.8 Å². The predicted molar refractivity (Wildman–Crippen MR) is 99.8 cm³/mol. The molecule has 0 radical (unpaired) electrons. The van der Waals surface area contributed by atoms with Crippen molar-refractivity contribution in [3.8, 4) is 0 Å². The monoisotopic (exact) mass is 387 g/mol. The minimum atomic E-state index is -0.933. The summed E-state index contributed by atoms with van der Waals surface area (Å²) in [5, 5.41) is 20.8. The zero-order valence-electron chi connectivity index (χ0n) is 15.6. The van der Waals surface area contributed by atoms with Crippen molar-refractivity contribution in [1.29, 1.82) is 0 Å². The van der Waals surface area contributed by atoms with Gasteiger partial charge in [0.2, 0.25) is 0 Å². The summed E-state index contributed by atoms with van der Waals surface area (Å²) in [6.45, 7) is 3.57. The van der Waals surface area contributed by atoms with Crippen molar-refractivity contribution < 1.29 is 24.4 Å². The highest BCUT2D eigenvalue weighted by Crippen LogP contribution is 2.45. The van der Waals surface area contributed by atoms with E-state index >= 15 is 0 Å². The molecule has 1 amide bonds. The molecule has 2 unspecified atom stereocenters. The second-order valence-corrected chi connectivity index (χ2v) is 6.59. The molecule has 1 aromatic rings. The first-order chi connectivity index (χ1) is 13.4. The van der Waals surface area contributed by atoms with E-state index in [0.29, 0.717) is 11.4 Å². The summed E-state index contributed by atoms with van der Waals surface area (Å²) in [6.07, 6.45) is 0. The Morgan fingerprint density at radius 2 is 2.14 bits per heavy atom. The molecule has 1 N–H and O–H groups in total. The van der Waals surface area contributed by atoms with Gasteiger partial charge >= 0.3 is 5.97 Å². The average Bonchev–Trinajstić information content (AvgIpc) is 2.96. The third-order valence-electron chi connectivity index (χ3n) is 4.95. The Hall–Kier alpha value is -3.07. The number of nitro groups is 1. The summed E-state index contributed by atoms with van der Waals surface area (Å²) in [6, 6.07) is 6.08. The van der Waals surface area contributed by atoms with E-state index in [1.54, 1.807) is 26.0 Å². The standard InChI is InChI=1S/C19H21N3O6/c1-3-28-19(25)15-11(2)20-13-10-21(8-9-23)18(24)17(13)16(15)12-6-4-5-7-14(12)22(26)27/h4-7,15-16,23H,3,8-10H2,1-2H3. The molecule has 0 saturated carbocycles. The number of hydrogen-bond acceptors (Lipinski definition) is 7. The Kier molecular flexibility index (Phi) is 5.55. The van der Waals surface area contributed by atoms with E-state index < -0.39 is 22.7 Å². The van der Waals surface area contributed by atoms with Crippen LogP contribution in [0.4, 0.5) is 5.69 Å². The molecule has 9 heteroatoms. The zero-order chi connectivity index (χ0) is 20.4. The molecule has 2 aliphatic heterocycles.